The number of hydrogen-bond donors (Lipinski definition) is 0. The summed E-state index contributed by atoms with van der Waals surface area (Å²) in [7, 11) is 1.65. The number of hydrogen-bond acceptors (Lipinski definition) is 4. The molecular formula is C17H22O4. The van der Waals surface area contributed by atoms with Crippen LogP contribution in [-0.4, -0.2) is 25.6 Å². The van der Waals surface area contributed by atoms with Crippen molar-refractivity contribution in [3.63, 3.8) is 0 Å². The predicted octanol–water partition coefficient (Wildman–Crippen LogP) is 3.72. The molecule has 1 saturated carbocycles. The third kappa shape index (κ3) is 3.12. The van der Waals surface area contributed by atoms with Crippen molar-refractivity contribution in [2.24, 2.45) is 0 Å². The van der Waals surface area contributed by atoms with Gasteiger partial charge in [-0.1, -0.05) is 25.1 Å². The molecule has 0 amide bonds. The Morgan fingerprint density at radius 2 is 1.90 bits per heavy atom. The van der Waals surface area contributed by atoms with Gasteiger partial charge in [-0.2, -0.15) is 0 Å². The third-order valence-electron chi connectivity index (χ3n) is 4.28. The van der Waals surface area contributed by atoms with Crippen LogP contribution in [0.15, 0.2) is 30.8 Å². The molecule has 1 spiro atoms. The van der Waals surface area contributed by atoms with Crippen molar-refractivity contribution in [2.45, 2.75) is 44.0 Å². The van der Waals surface area contributed by atoms with Crippen LogP contribution in [0.5, 0.6) is 5.75 Å². The van der Waals surface area contributed by atoms with Gasteiger partial charge >= 0.3 is 0 Å². The van der Waals surface area contributed by atoms with E-state index in [1.54, 1.807) is 7.11 Å². The summed E-state index contributed by atoms with van der Waals surface area (Å²) in [6.45, 7) is 4.60. The molecule has 1 aromatic rings. The minimum absolute atomic E-state index is 0.258. The molecule has 3 rings (SSSR count). The highest BCUT2D eigenvalue weighted by molar-refractivity contribution is 5.67. The number of methoxy groups -OCH3 is 1. The molecule has 0 N–H and O–H groups in total. The molecule has 0 radical (unpaired) electrons. The van der Waals surface area contributed by atoms with Crippen LogP contribution in [0.1, 0.15) is 37.7 Å². The quantitative estimate of drug-likeness (QED) is 0.795. The van der Waals surface area contributed by atoms with Crippen LogP contribution in [0.25, 0.3) is 5.57 Å². The number of benzene rings is 1. The van der Waals surface area contributed by atoms with Crippen LogP contribution in [0.2, 0.25) is 0 Å². The largest absolute Gasteiger partial charge is 0.497 e. The summed E-state index contributed by atoms with van der Waals surface area (Å²) >= 11 is 0. The van der Waals surface area contributed by atoms with Gasteiger partial charge in [0.15, 0.2) is 0 Å². The molecule has 1 aromatic carbocycles. The Labute approximate surface area is 125 Å². The van der Waals surface area contributed by atoms with Gasteiger partial charge in [-0.25, -0.2) is 9.78 Å². The summed E-state index contributed by atoms with van der Waals surface area (Å²) in [6.07, 6.45) is 5.08. The first-order valence-corrected chi connectivity index (χ1v) is 7.54. The summed E-state index contributed by atoms with van der Waals surface area (Å²) in [4.78, 5) is 11.2. The van der Waals surface area contributed by atoms with Crippen LogP contribution in [-0.2, 0) is 14.5 Å². The summed E-state index contributed by atoms with van der Waals surface area (Å²) in [5.74, 6) is 0.305. The van der Waals surface area contributed by atoms with Gasteiger partial charge in [0.05, 0.1) is 13.7 Å². The van der Waals surface area contributed by atoms with E-state index in [9.17, 15) is 0 Å². The minimum Gasteiger partial charge on any atom is -0.497 e. The molecular weight excluding hydrogens is 268 g/mol. The smallest absolute Gasteiger partial charge is 0.201 e. The monoisotopic (exact) mass is 290 g/mol. The molecule has 1 unspecified atom stereocenters. The van der Waals surface area contributed by atoms with E-state index < -0.39 is 5.79 Å². The fourth-order valence-corrected chi connectivity index (χ4v) is 2.89. The lowest BCUT2D eigenvalue weighted by Gasteiger charge is -2.41. The molecule has 4 nitrogen and oxygen atoms in total. The Hall–Kier alpha value is -1.36. The first kappa shape index (κ1) is 14.6. The van der Waals surface area contributed by atoms with E-state index in [2.05, 4.69) is 6.58 Å². The fraction of sp³-hybridized carbons (Fsp3) is 0.529. The summed E-state index contributed by atoms with van der Waals surface area (Å²) in [6, 6.07) is 7.76. The van der Waals surface area contributed by atoms with Gasteiger partial charge in [0.25, 0.3) is 0 Å². The molecule has 1 saturated heterocycles. The van der Waals surface area contributed by atoms with Crippen LogP contribution in [0.4, 0.5) is 0 Å². The second kappa shape index (κ2) is 6.18. The number of rotatable bonds is 3. The maximum absolute atomic E-state index is 5.97. The van der Waals surface area contributed by atoms with Crippen molar-refractivity contribution in [3.8, 4) is 5.75 Å². The Bertz CT molecular complexity index is 478. The summed E-state index contributed by atoms with van der Waals surface area (Å²) in [5.41, 5.74) is 1.87. The lowest BCUT2D eigenvalue weighted by molar-refractivity contribution is -0.483. The zero-order valence-corrected chi connectivity index (χ0v) is 12.5. The van der Waals surface area contributed by atoms with E-state index in [-0.39, 0.29) is 6.10 Å². The van der Waals surface area contributed by atoms with Gasteiger partial charge in [0, 0.05) is 12.8 Å². The average molecular weight is 290 g/mol. The van der Waals surface area contributed by atoms with E-state index in [0.717, 1.165) is 42.6 Å². The Morgan fingerprint density at radius 3 is 2.48 bits per heavy atom. The molecule has 2 fully saturated rings. The highest BCUT2D eigenvalue weighted by atomic mass is 17.2. The van der Waals surface area contributed by atoms with Gasteiger partial charge in [-0.05, 0) is 36.1 Å². The van der Waals surface area contributed by atoms with Crippen molar-refractivity contribution in [2.75, 3.05) is 13.7 Å². The van der Waals surface area contributed by atoms with E-state index in [0.29, 0.717) is 6.61 Å². The zero-order valence-electron chi connectivity index (χ0n) is 12.5. The summed E-state index contributed by atoms with van der Waals surface area (Å²) in [5, 5.41) is 0. The maximum atomic E-state index is 5.97. The molecule has 1 aliphatic carbocycles. The second-order valence-electron chi connectivity index (χ2n) is 5.70. The van der Waals surface area contributed by atoms with Gasteiger partial charge in [-0.3, -0.25) is 0 Å². The minimum atomic E-state index is -0.519. The van der Waals surface area contributed by atoms with Crippen molar-refractivity contribution < 1.29 is 19.2 Å². The molecule has 1 aliphatic heterocycles. The average Bonchev–Trinajstić information content (AvgIpc) is 2.56. The molecule has 0 bridgehead atoms. The van der Waals surface area contributed by atoms with Crippen molar-refractivity contribution in [1.29, 1.82) is 0 Å². The summed E-state index contributed by atoms with van der Waals surface area (Å²) < 4.78 is 11.1. The molecule has 2 aliphatic rings. The molecule has 1 heterocycles. The molecule has 21 heavy (non-hydrogen) atoms. The standard InChI is InChI=1S/C17H22O4/c1-13(14-6-8-15(18-2)9-7-14)16-12-19-17(21-20-16)10-4-3-5-11-17/h6-9,16H,1,3-5,10-12H2,2H3. The van der Waals surface area contributed by atoms with Crippen LogP contribution < -0.4 is 4.74 Å². The van der Waals surface area contributed by atoms with Gasteiger partial charge in [0.2, 0.25) is 5.79 Å². The normalized spacial score (nSPS) is 24.7. The van der Waals surface area contributed by atoms with Gasteiger partial charge in [-0.15, -0.1) is 0 Å². The molecule has 0 aromatic heterocycles. The lowest BCUT2D eigenvalue weighted by atomic mass is 9.94. The van der Waals surface area contributed by atoms with Crippen molar-refractivity contribution >= 4 is 5.57 Å². The topological polar surface area (TPSA) is 36.9 Å². The Morgan fingerprint density at radius 1 is 1.19 bits per heavy atom. The lowest BCUT2D eigenvalue weighted by Crippen LogP contribution is -2.46. The predicted molar refractivity (Wildman–Crippen MR) is 79.8 cm³/mol. The maximum Gasteiger partial charge on any atom is 0.201 e. The zero-order chi connectivity index (χ0) is 14.7. The fourth-order valence-electron chi connectivity index (χ4n) is 2.89. The molecule has 4 heteroatoms. The van der Waals surface area contributed by atoms with Crippen LogP contribution in [0, 0.1) is 0 Å². The first-order chi connectivity index (χ1) is 10.2. The number of ether oxygens (including phenoxy) is 2. The molecule has 1 atom stereocenters. The highest BCUT2D eigenvalue weighted by Gasteiger charge is 2.41. The SMILES string of the molecule is C=C(c1ccc(OC)cc1)C1COC2(CCCCC2)OO1. The van der Waals surface area contributed by atoms with E-state index in [4.69, 9.17) is 19.2 Å². The highest BCUT2D eigenvalue weighted by Crippen LogP contribution is 2.37. The van der Waals surface area contributed by atoms with E-state index in [1.807, 2.05) is 24.3 Å². The first-order valence-electron chi connectivity index (χ1n) is 7.54. The Balaban J connectivity index is 1.61. The van der Waals surface area contributed by atoms with E-state index >= 15 is 0 Å². The van der Waals surface area contributed by atoms with Crippen LogP contribution >= 0.6 is 0 Å². The van der Waals surface area contributed by atoms with Crippen LogP contribution in [0.3, 0.4) is 0 Å². The molecule has 114 valence electrons. The Kier molecular flexibility index (Phi) is 4.29. The third-order valence-corrected chi connectivity index (χ3v) is 4.28. The van der Waals surface area contributed by atoms with Gasteiger partial charge in [0.1, 0.15) is 11.9 Å². The van der Waals surface area contributed by atoms with Gasteiger partial charge < -0.3 is 9.47 Å². The second-order valence-corrected chi connectivity index (χ2v) is 5.70. The van der Waals surface area contributed by atoms with E-state index in [1.165, 1.54) is 6.42 Å². The van der Waals surface area contributed by atoms with Crippen molar-refractivity contribution in [3.05, 3.63) is 36.4 Å². The van der Waals surface area contributed by atoms with Crippen molar-refractivity contribution in [1.82, 2.24) is 0 Å².